The van der Waals surface area contributed by atoms with Crippen LogP contribution in [0.25, 0.3) is 77.9 Å². The van der Waals surface area contributed by atoms with Crippen LogP contribution < -0.4 is 41.5 Å². The molecule has 706 valence electrons. The van der Waals surface area contributed by atoms with E-state index in [2.05, 4.69) is 236 Å². The SMILES string of the molecule is CCCCCc1ccc(-c2ccc(-c3ccc(-c4ccc(-c5ccc(F)c(Cl)c5)c(Cl)c4)cc3F)cc2)cc1.CCCCCc1ccc(-c2ccc(B3OC(C)(C)C(C)(C)O3)cc2F)cc1.O=S(=O)(Oc1ccc(-c2ccc(-c3ccc(F)c(Cl)c3)c(Cl)c2)cc1F)C(F)(F)F.[Cl][Pd][Cl].c1ccc(P(c2ccccc2)c2ccccc2)cc1.c1ccc(P(c2ccccc2)c2ccccc2)cc1. The molecule has 17 rings (SSSR count). The molecule has 1 heterocycles. The van der Waals surface area contributed by atoms with Crippen LogP contribution in [-0.4, -0.2) is 32.2 Å². The third-order valence-corrected chi connectivity index (χ3v) is 30.0. The smallest absolute Gasteiger partial charge is 0.0134 e. The van der Waals surface area contributed by atoms with Crippen LogP contribution in [0.2, 0.25) is 20.1 Å². The third kappa shape index (κ3) is 29.1. The Kier molecular flexibility index (Phi) is 39.2. The van der Waals surface area contributed by atoms with Gasteiger partial charge in [0.2, 0.25) is 0 Å². The van der Waals surface area contributed by atoms with E-state index in [1.807, 2.05) is 94.4 Å². The number of alkyl halides is 3. The van der Waals surface area contributed by atoms with Crippen molar-refractivity contribution in [1.29, 1.82) is 0 Å². The van der Waals surface area contributed by atoms with Crippen LogP contribution in [0.5, 0.6) is 5.75 Å². The molecule has 0 aromatic heterocycles. The molecular weight excluding hydrogens is 2010 g/mol. The monoisotopic (exact) mass is 2110 g/mol. The Morgan fingerprint density at radius 3 is 0.912 bits per heavy atom. The van der Waals surface area contributed by atoms with Crippen molar-refractivity contribution in [2.24, 2.45) is 0 Å². The molecule has 1 fully saturated rings. The zero-order valence-electron chi connectivity index (χ0n) is 75.6. The average Bonchev–Trinajstić information content (AvgIpc) is 1.62. The Labute approximate surface area is 837 Å². The fourth-order valence-electron chi connectivity index (χ4n) is 15.0. The third-order valence-electron chi connectivity index (χ3n) is 22.9. The van der Waals surface area contributed by atoms with Gasteiger partial charge in [0.05, 0.1) is 21.2 Å². The summed E-state index contributed by atoms with van der Waals surface area (Å²) in [5.74, 6) is -4.04. The molecule has 0 spiro atoms. The molecule has 0 radical (unpaired) electrons. The van der Waals surface area contributed by atoms with Gasteiger partial charge < -0.3 is 13.5 Å². The summed E-state index contributed by atoms with van der Waals surface area (Å²) in [6.07, 6.45) is 9.57. The van der Waals surface area contributed by atoms with E-state index in [4.69, 9.17) is 74.8 Å². The van der Waals surface area contributed by atoms with Gasteiger partial charge in [0.15, 0.2) is 11.6 Å². The molecular formula is C113H97BCl6F8O5P2PdS. The molecule has 5 nitrogen and oxygen atoms in total. The second-order valence-corrected chi connectivity index (χ2v) is 42.9. The van der Waals surface area contributed by atoms with Gasteiger partial charge in [0.25, 0.3) is 0 Å². The maximum atomic E-state index is 15.3. The van der Waals surface area contributed by atoms with Crippen molar-refractivity contribution in [3.05, 3.63) is 442 Å². The number of rotatable bonds is 24. The van der Waals surface area contributed by atoms with Gasteiger partial charge in [-0.1, -0.05) is 407 Å². The maximum Gasteiger partial charge on any atom is -0.0134 e. The largest absolute Gasteiger partial charge is 0.0622 e. The molecule has 24 heteroatoms. The number of hydrogen-bond acceptors (Lipinski definition) is 5. The van der Waals surface area contributed by atoms with Crippen LogP contribution in [0.3, 0.4) is 0 Å². The summed E-state index contributed by atoms with van der Waals surface area (Å²) in [6.45, 7) is 12.4. The van der Waals surface area contributed by atoms with Crippen LogP contribution >= 0.6 is 81.3 Å². The van der Waals surface area contributed by atoms with Gasteiger partial charge in [-0.3, -0.25) is 0 Å². The van der Waals surface area contributed by atoms with Crippen molar-refractivity contribution >= 4 is 136 Å². The summed E-state index contributed by atoms with van der Waals surface area (Å²) in [5.41, 5.74) is 6.54. The minimum Gasteiger partial charge on any atom is -0.0622 e. The van der Waals surface area contributed by atoms with Crippen molar-refractivity contribution in [3.8, 4) is 83.6 Å². The van der Waals surface area contributed by atoms with Crippen LogP contribution in [0, 0.1) is 29.1 Å². The molecule has 0 atom stereocenters. The first-order valence-electron chi connectivity index (χ1n) is 44.1. The zero-order valence-corrected chi connectivity index (χ0v) is 84.3. The first-order chi connectivity index (χ1) is 65.9. The molecule has 1 saturated heterocycles. The van der Waals surface area contributed by atoms with Gasteiger partial charge in [-0.25, -0.2) is 22.0 Å². The standard InChI is InChI=1S/C35H28Cl2F2.C23H30BFO2.C19H9Cl2F5O3S.2C18H15P.2ClH.Pd/c1-2-3-4-5-23-6-8-24(9-7-23)25-10-12-26(13-11-25)31-18-15-28(22-35(31)39)27-14-17-30(32(36)20-27)29-16-19-34(38)33(37)21-29;1-6-7-8-9-17-10-12-18(13-11-17)20-15-14-19(16-21(20)25)24-26-22(2,3)23(4,5)27-24;20-14-7-10(1-4-13(14)12-2-5-16(22)15(21)8-12)11-3-6-18(17(23)9-11)29-30(27,28)19(24,25)26;2*1-4-10-16(11-5-1)19(17-12-6-2-7-13-17)18-14-8-3-9-15-18;;;/h6-22H,2-5H2,1H3;10-16H,6-9H2,1-5H3;1-9H;2*1-15H;2*1H;/q;;;;;;;+2/p-2. The number of aryl methyl sites for hydroxylation is 2. The van der Waals surface area contributed by atoms with E-state index < -0.39 is 73.0 Å². The molecule has 1 aliphatic heterocycles. The summed E-state index contributed by atoms with van der Waals surface area (Å²) < 4.78 is 146. The maximum absolute atomic E-state index is 15.3. The fraction of sp³-hybridized carbons (Fsp3) is 0.150. The Balaban J connectivity index is 0.000000156. The molecule has 0 unspecified atom stereocenters. The van der Waals surface area contributed by atoms with Gasteiger partial charge in [0.1, 0.15) is 23.3 Å². The number of unbranched alkanes of at least 4 members (excludes halogenated alkanes) is 4. The first kappa shape index (κ1) is 106. The van der Waals surface area contributed by atoms with E-state index in [9.17, 15) is 39.2 Å². The molecule has 0 amide bonds. The fourth-order valence-corrected chi connectivity index (χ4v) is 21.0. The Morgan fingerprint density at radius 1 is 0.321 bits per heavy atom. The summed E-state index contributed by atoms with van der Waals surface area (Å²) in [5, 5.41) is 9.02. The molecule has 16 aromatic carbocycles. The summed E-state index contributed by atoms with van der Waals surface area (Å²) in [7, 11) is 2.19. The molecule has 0 aliphatic carbocycles. The van der Waals surface area contributed by atoms with E-state index in [1.165, 1.54) is 130 Å². The van der Waals surface area contributed by atoms with Crippen LogP contribution in [-0.2, 0) is 48.2 Å². The normalized spacial score (nSPS) is 12.5. The molecule has 0 bridgehead atoms. The van der Waals surface area contributed by atoms with E-state index >= 15 is 4.39 Å². The van der Waals surface area contributed by atoms with Gasteiger partial charge in [-0.15, -0.1) is 0 Å². The quantitative estimate of drug-likeness (QED) is 0.0151. The van der Waals surface area contributed by atoms with Crippen molar-refractivity contribution in [2.45, 2.75) is 110 Å². The van der Waals surface area contributed by atoms with E-state index in [-0.39, 0.29) is 48.2 Å². The number of benzene rings is 16. The molecule has 137 heavy (non-hydrogen) atoms. The van der Waals surface area contributed by atoms with Crippen LogP contribution in [0.4, 0.5) is 35.1 Å². The second kappa shape index (κ2) is 50.7. The molecule has 0 saturated carbocycles. The van der Waals surface area contributed by atoms with Gasteiger partial charge in [-0.2, -0.15) is 21.6 Å². The minimum atomic E-state index is -6.00. The summed E-state index contributed by atoms with van der Waals surface area (Å²) >= 11 is 24.4. The van der Waals surface area contributed by atoms with E-state index in [0.717, 1.165) is 63.9 Å². The Bertz CT molecular complexity index is 6400. The predicted molar refractivity (Wildman–Crippen MR) is 557 cm³/mol. The van der Waals surface area contributed by atoms with Crippen molar-refractivity contribution in [2.75, 3.05) is 0 Å². The number of hydrogen-bond donors (Lipinski definition) is 0. The second-order valence-electron chi connectivity index (χ2n) is 32.9. The van der Waals surface area contributed by atoms with Crippen molar-refractivity contribution in [3.63, 3.8) is 0 Å². The van der Waals surface area contributed by atoms with Crippen molar-refractivity contribution < 1.29 is 73.0 Å². The van der Waals surface area contributed by atoms with E-state index in [1.54, 1.807) is 36.4 Å². The Morgan fingerprint density at radius 2 is 0.599 bits per heavy atom. The van der Waals surface area contributed by atoms with Crippen LogP contribution in [0.15, 0.2) is 382 Å². The number of halogens is 14. The zero-order chi connectivity index (χ0) is 97.8. The summed E-state index contributed by atoms with van der Waals surface area (Å²) in [6, 6.07) is 121. The molecule has 1 aliphatic rings. The van der Waals surface area contributed by atoms with Gasteiger partial charge >= 0.3 is 57.7 Å². The first-order valence-corrected chi connectivity index (χ1v) is 53.7. The predicted octanol–water partition coefficient (Wildman–Crippen LogP) is 32.3. The molecule has 0 N–H and O–H groups in total. The average molecular weight is 2110 g/mol. The van der Waals surface area contributed by atoms with Crippen LogP contribution in [0.1, 0.15) is 91.2 Å². The van der Waals surface area contributed by atoms with E-state index in [0.29, 0.717) is 43.9 Å². The summed E-state index contributed by atoms with van der Waals surface area (Å²) in [4.78, 5) is 0. The van der Waals surface area contributed by atoms with Gasteiger partial charge in [0, 0.05) is 32.3 Å². The Hall–Kier alpha value is -10.0. The molecule has 16 aromatic rings. The van der Waals surface area contributed by atoms with Gasteiger partial charge in [-0.05, 0) is 234 Å². The topological polar surface area (TPSA) is 61.8 Å². The van der Waals surface area contributed by atoms with Crippen molar-refractivity contribution in [1.82, 2.24) is 0 Å². The minimum absolute atomic E-state index is 0.0362.